The zero-order valence-electron chi connectivity index (χ0n) is 9.47. The van der Waals surface area contributed by atoms with E-state index in [0.29, 0.717) is 18.5 Å². The Hall–Kier alpha value is -1.95. The molecule has 1 aromatic carbocycles. The highest BCUT2D eigenvalue weighted by atomic mass is 16.6. The molecule has 1 amide bonds. The molecule has 0 spiro atoms. The van der Waals surface area contributed by atoms with Crippen LogP contribution in [-0.2, 0) is 0 Å². The Morgan fingerprint density at radius 3 is 2.82 bits per heavy atom. The highest BCUT2D eigenvalue weighted by molar-refractivity contribution is 5.98. The molecule has 17 heavy (non-hydrogen) atoms. The van der Waals surface area contributed by atoms with Crippen LogP contribution in [0.5, 0.6) is 0 Å². The smallest absolute Gasteiger partial charge is 0.285 e. The molecule has 0 saturated carbocycles. The maximum absolute atomic E-state index is 11.7. The maximum atomic E-state index is 11.7. The summed E-state index contributed by atoms with van der Waals surface area (Å²) in [6.45, 7) is 1.85. The van der Waals surface area contributed by atoms with Crippen LogP contribution in [-0.4, -0.2) is 29.1 Å². The number of para-hydroxylation sites is 1. The first-order chi connectivity index (χ1) is 8.07. The summed E-state index contributed by atoms with van der Waals surface area (Å²) in [6, 6.07) is 4.60. The molecule has 0 unspecified atom stereocenters. The minimum Gasteiger partial charge on any atom is -0.396 e. The molecule has 0 atom stereocenters. The molecular weight excluding hydrogens is 224 g/mol. The third-order valence-corrected chi connectivity index (χ3v) is 2.29. The molecule has 92 valence electrons. The van der Waals surface area contributed by atoms with Gasteiger partial charge in [-0.05, 0) is 19.4 Å². The zero-order chi connectivity index (χ0) is 12.8. The van der Waals surface area contributed by atoms with Crippen molar-refractivity contribution in [3.8, 4) is 0 Å². The normalized spacial score (nSPS) is 10.0. The number of aliphatic hydroxyl groups excluding tert-OH is 1. The van der Waals surface area contributed by atoms with E-state index in [-0.39, 0.29) is 17.9 Å². The van der Waals surface area contributed by atoms with E-state index in [1.54, 1.807) is 19.1 Å². The predicted molar refractivity (Wildman–Crippen MR) is 61.9 cm³/mol. The van der Waals surface area contributed by atoms with E-state index in [9.17, 15) is 14.9 Å². The number of aliphatic hydroxyl groups is 1. The Morgan fingerprint density at radius 1 is 1.53 bits per heavy atom. The molecule has 0 aliphatic heterocycles. The molecule has 0 fully saturated rings. The minimum absolute atomic E-state index is 0.0316. The lowest BCUT2D eigenvalue weighted by atomic mass is 10.1. The predicted octanol–water partition coefficient (Wildman–Crippen LogP) is 1.02. The number of hydrogen-bond donors (Lipinski definition) is 2. The average molecular weight is 238 g/mol. The van der Waals surface area contributed by atoms with Gasteiger partial charge in [0, 0.05) is 18.7 Å². The number of hydrogen-bond acceptors (Lipinski definition) is 4. The van der Waals surface area contributed by atoms with E-state index in [0.717, 1.165) is 0 Å². The van der Waals surface area contributed by atoms with Crippen molar-refractivity contribution in [2.24, 2.45) is 0 Å². The van der Waals surface area contributed by atoms with Crippen molar-refractivity contribution in [1.29, 1.82) is 0 Å². The summed E-state index contributed by atoms with van der Waals surface area (Å²) in [4.78, 5) is 22.0. The number of nitrogens with one attached hydrogen (secondary N) is 1. The summed E-state index contributed by atoms with van der Waals surface area (Å²) >= 11 is 0. The lowest BCUT2D eigenvalue weighted by Gasteiger charge is -2.06. The van der Waals surface area contributed by atoms with Gasteiger partial charge in [-0.1, -0.05) is 12.1 Å². The van der Waals surface area contributed by atoms with Crippen LogP contribution < -0.4 is 5.32 Å². The van der Waals surface area contributed by atoms with Crippen LogP contribution in [0.1, 0.15) is 22.3 Å². The first-order valence-electron chi connectivity index (χ1n) is 5.21. The zero-order valence-corrected chi connectivity index (χ0v) is 9.47. The average Bonchev–Trinajstić information content (AvgIpc) is 2.28. The van der Waals surface area contributed by atoms with Crippen molar-refractivity contribution in [1.82, 2.24) is 5.32 Å². The Kier molecular flexibility index (Phi) is 4.59. The van der Waals surface area contributed by atoms with E-state index >= 15 is 0 Å². The Balaban J connectivity index is 2.93. The monoisotopic (exact) mass is 238 g/mol. The molecule has 0 aliphatic carbocycles. The minimum atomic E-state index is -0.559. The van der Waals surface area contributed by atoms with E-state index in [1.165, 1.54) is 6.07 Å². The van der Waals surface area contributed by atoms with Gasteiger partial charge in [-0.15, -0.1) is 0 Å². The van der Waals surface area contributed by atoms with Crippen LogP contribution in [0.25, 0.3) is 0 Å². The molecule has 6 nitrogen and oxygen atoms in total. The highest BCUT2D eigenvalue weighted by Gasteiger charge is 2.21. The largest absolute Gasteiger partial charge is 0.396 e. The third-order valence-electron chi connectivity index (χ3n) is 2.29. The molecule has 0 aliphatic rings. The number of carbonyl (C=O) groups excluding carboxylic acids is 1. The number of aryl methyl sites for hydroxylation is 1. The second kappa shape index (κ2) is 5.95. The van der Waals surface area contributed by atoms with Gasteiger partial charge >= 0.3 is 0 Å². The van der Waals surface area contributed by atoms with Crippen LogP contribution in [0.2, 0.25) is 0 Å². The number of benzene rings is 1. The highest BCUT2D eigenvalue weighted by Crippen LogP contribution is 2.22. The van der Waals surface area contributed by atoms with Gasteiger partial charge in [0.2, 0.25) is 0 Å². The number of nitro benzene ring substituents is 1. The summed E-state index contributed by atoms with van der Waals surface area (Å²) in [5.74, 6) is -0.492. The molecule has 1 aromatic rings. The molecule has 0 saturated heterocycles. The molecular formula is C11H14N2O4. The maximum Gasteiger partial charge on any atom is 0.285 e. The van der Waals surface area contributed by atoms with Crippen LogP contribution in [0.4, 0.5) is 5.69 Å². The van der Waals surface area contributed by atoms with Crippen LogP contribution in [0.3, 0.4) is 0 Å². The van der Waals surface area contributed by atoms with Crippen molar-refractivity contribution >= 4 is 11.6 Å². The fourth-order valence-corrected chi connectivity index (χ4v) is 1.46. The van der Waals surface area contributed by atoms with E-state index < -0.39 is 10.8 Å². The summed E-state index contributed by atoms with van der Waals surface area (Å²) in [7, 11) is 0. The van der Waals surface area contributed by atoms with Crippen molar-refractivity contribution in [2.45, 2.75) is 13.3 Å². The van der Waals surface area contributed by atoms with E-state index in [2.05, 4.69) is 5.32 Å². The van der Waals surface area contributed by atoms with Crippen LogP contribution in [0.15, 0.2) is 18.2 Å². The first-order valence-corrected chi connectivity index (χ1v) is 5.21. The molecule has 0 heterocycles. The fraction of sp³-hybridized carbons (Fsp3) is 0.364. The molecule has 0 aromatic heterocycles. The molecule has 0 radical (unpaired) electrons. The van der Waals surface area contributed by atoms with Gasteiger partial charge < -0.3 is 10.4 Å². The summed E-state index contributed by atoms with van der Waals surface area (Å²) < 4.78 is 0. The van der Waals surface area contributed by atoms with Crippen molar-refractivity contribution < 1.29 is 14.8 Å². The molecule has 0 bridgehead atoms. The van der Waals surface area contributed by atoms with Gasteiger partial charge in [-0.3, -0.25) is 14.9 Å². The second-order valence-corrected chi connectivity index (χ2v) is 3.56. The van der Waals surface area contributed by atoms with Crippen molar-refractivity contribution in [2.75, 3.05) is 13.2 Å². The third kappa shape index (κ3) is 3.25. The molecule has 1 rings (SSSR count). The standard InChI is InChI=1S/C11H14N2O4/c1-8-4-2-5-9(10(8)13(16)17)11(15)12-6-3-7-14/h2,4-5,14H,3,6-7H2,1H3,(H,12,15). The molecule has 2 N–H and O–H groups in total. The van der Waals surface area contributed by atoms with Gasteiger partial charge in [0.05, 0.1) is 4.92 Å². The lowest BCUT2D eigenvalue weighted by molar-refractivity contribution is -0.385. The van der Waals surface area contributed by atoms with Gasteiger partial charge in [0.25, 0.3) is 11.6 Å². The van der Waals surface area contributed by atoms with Gasteiger partial charge in [0.15, 0.2) is 0 Å². The van der Waals surface area contributed by atoms with Crippen LogP contribution >= 0.6 is 0 Å². The SMILES string of the molecule is Cc1cccc(C(=O)NCCCO)c1[N+](=O)[O-]. The van der Waals surface area contributed by atoms with Crippen molar-refractivity contribution in [3.05, 3.63) is 39.4 Å². The summed E-state index contributed by atoms with van der Waals surface area (Å²) in [5, 5.41) is 22.0. The fourth-order valence-electron chi connectivity index (χ4n) is 1.46. The number of carbonyl (C=O) groups is 1. The second-order valence-electron chi connectivity index (χ2n) is 3.56. The quantitative estimate of drug-likeness (QED) is 0.455. The summed E-state index contributed by atoms with van der Waals surface area (Å²) in [6.07, 6.45) is 0.422. The lowest BCUT2D eigenvalue weighted by Crippen LogP contribution is -2.26. The van der Waals surface area contributed by atoms with Crippen molar-refractivity contribution in [3.63, 3.8) is 0 Å². The van der Waals surface area contributed by atoms with Gasteiger partial charge in [-0.2, -0.15) is 0 Å². The number of nitrogens with zero attached hydrogens (tertiary/aromatic N) is 1. The van der Waals surface area contributed by atoms with Gasteiger partial charge in [-0.25, -0.2) is 0 Å². The van der Waals surface area contributed by atoms with Crippen LogP contribution in [0, 0.1) is 17.0 Å². The Labute approximate surface area is 98.4 Å². The Bertz CT molecular complexity index is 431. The first kappa shape index (κ1) is 13.1. The van der Waals surface area contributed by atoms with E-state index in [1.807, 2.05) is 0 Å². The topological polar surface area (TPSA) is 92.5 Å². The Morgan fingerprint density at radius 2 is 2.24 bits per heavy atom. The van der Waals surface area contributed by atoms with E-state index in [4.69, 9.17) is 5.11 Å². The number of rotatable bonds is 5. The summed E-state index contributed by atoms with van der Waals surface area (Å²) in [5.41, 5.74) is 0.326. The molecule has 6 heteroatoms. The number of nitro groups is 1. The number of amides is 1. The van der Waals surface area contributed by atoms with Gasteiger partial charge in [0.1, 0.15) is 5.56 Å².